The molecular formula is C14H15F2NO4. The number of alkyl halides is 2. The first kappa shape index (κ1) is 15.2. The molecule has 1 heterocycles. The van der Waals surface area contributed by atoms with Crippen LogP contribution in [0, 0.1) is 5.92 Å². The molecule has 0 spiro atoms. The van der Waals surface area contributed by atoms with E-state index in [1.165, 1.54) is 17.0 Å². The zero-order valence-corrected chi connectivity index (χ0v) is 11.2. The normalized spacial score (nSPS) is 18.0. The number of rotatable bonds is 5. The van der Waals surface area contributed by atoms with Crippen LogP contribution in [0.4, 0.5) is 8.78 Å². The van der Waals surface area contributed by atoms with Crippen LogP contribution < -0.4 is 4.74 Å². The SMILES string of the molecule is O=C(O)C1CCN(C(=O)Cc2ccc(OC(F)F)cc2)C1. The summed E-state index contributed by atoms with van der Waals surface area (Å²) >= 11 is 0. The van der Waals surface area contributed by atoms with Crippen molar-refractivity contribution >= 4 is 11.9 Å². The van der Waals surface area contributed by atoms with Crippen LogP contribution in [0.3, 0.4) is 0 Å². The van der Waals surface area contributed by atoms with Gasteiger partial charge in [0.2, 0.25) is 5.91 Å². The molecular weight excluding hydrogens is 284 g/mol. The van der Waals surface area contributed by atoms with Gasteiger partial charge in [0.25, 0.3) is 0 Å². The van der Waals surface area contributed by atoms with E-state index in [0.29, 0.717) is 18.5 Å². The van der Waals surface area contributed by atoms with E-state index in [0.717, 1.165) is 0 Å². The lowest BCUT2D eigenvalue weighted by Gasteiger charge is -2.15. The van der Waals surface area contributed by atoms with E-state index in [1.54, 1.807) is 12.1 Å². The molecule has 0 bridgehead atoms. The molecule has 7 heteroatoms. The molecule has 1 saturated heterocycles. The first-order chi connectivity index (χ1) is 9.95. The number of halogens is 2. The third kappa shape index (κ3) is 4.14. The number of benzene rings is 1. The number of nitrogens with zero attached hydrogens (tertiary/aromatic N) is 1. The summed E-state index contributed by atoms with van der Waals surface area (Å²) in [7, 11) is 0. The fourth-order valence-corrected chi connectivity index (χ4v) is 2.26. The summed E-state index contributed by atoms with van der Waals surface area (Å²) in [5, 5.41) is 8.89. The number of hydrogen-bond donors (Lipinski definition) is 1. The van der Waals surface area contributed by atoms with Gasteiger partial charge in [0.1, 0.15) is 5.75 Å². The van der Waals surface area contributed by atoms with Crippen LogP contribution in [0.15, 0.2) is 24.3 Å². The van der Waals surface area contributed by atoms with E-state index in [2.05, 4.69) is 4.74 Å². The molecule has 1 atom stereocenters. The Labute approximate surface area is 120 Å². The van der Waals surface area contributed by atoms with Crippen LogP contribution in [-0.2, 0) is 16.0 Å². The van der Waals surface area contributed by atoms with Crippen molar-refractivity contribution in [1.82, 2.24) is 4.90 Å². The fourth-order valence-electron chi connectivity index (χ4n) is 2.26. The minimum absolute atomic E-state index is 0.0355. The van der Waals surface area contributed by atoms with Crippen LogP contribution in [-0.4, -0.2) is 41.6 Å². The molecule has 1 N–H and O–H groups in total. The van der Waals surface area contributed by atoms with Gasteiger partial charge in [-0.15, -0.1) is 0 Å². The van der Waals surface area contributed by atoms with Gasteiger partial charge in [-0.3, -0.25) is 9.59 Å². The summed E-state index contributed by atoms with van der Waals surface area (Å²) in [6, 6.07) is 5.83. The third-order valence-electron chi connectivity index (χ3n) is 3.39. The molecule has 1 aromatic carbocycles. The topological polar surface area (TPSA) is 66.8 Å². The van der Waals surface area contributed by atoms with Gasteiger partial charge in [-0.1, -0.05) is 12.1 Å². The van der Waals surface area contributed by atoms with Crippen molar-refractivity contribution in [3.8, 4) is 5.75 Å². The Kier molecular flexibility index (Phi) is 4.72. The number of carbonyl (C=O) groups excluding carboxylic acids is 1. The summed E-state index contributed by atoms with van der Waals surface area (Å²) in [5.74, 6) is -1.52. The van der Waals surface area contributed by atoms with Crippen molar-refractivity contribution in [3.05, 3.63) is 29.8 Å². The number of likely N-dealkylation sites (tertiary alicyclic amines) is 1. The number of carbonyl (C=O) groups is 2. The summed E-state index contributed by atoms with van der Waals surface area (Å²) in [5.41, 5.74) is 0.667. The molecule has 114 valence electrons. The highest BCUT2D eigenvalue weighted by atomic mass is 19.3. The standard InChI is InChI=1S/C14H15F2NO4/c15-14(16)21-11-3-1-9(2-4-11)7-12(18)17-6-5-10(8-17)13(19)20/h1-4,10,14H,5-8H2,(H,19,20). The highest BCUT2D eigenvalue weighted by molar-refractivity contribution is 5.80. The second-order valence-corrected chi connectivity index (χ2v) is 4.86. The second-order valence-electron chi connectivity index (χ2n) is 4.86. The van der Waals surface area contributed by atoms with Crippen LogP contribution >= 0.6 is 0 Å². The van der Waals surface area contributed by atoms with Crippen molar-refractivity contribution in [1.29, 1.82) is 0 Å². The Hall–Kier alpha value is -2.18. The van der Waals surface area contributed by atoms with Crippen molar-refractivity contribution in [3.63, 3.8) is 0 Å². The van der Waals surface area contributed by atoms with Crippen LogP contribution in [0.25, 0.3) is 0 Å². The van der Waals surface area contributed by atoms with Gasteiger partial charge >= 0.3 is 12.6 Å². The number of carboxylic acids is 1. The van der Waals surface area contributed by atoms with Gasteiger partial charge in [0.15, 0.2) is 0 Å². The van der Waals surface area contributed by atoms with Crippen LogP contribution in [0.5, 0.6) is 5.75 Å². The highest BCUT2D eigenvalue weighted by Gasteiger charge is 2.30. The Balaban J connectivity index is 1.89. The van der Waals surface area contributed by atoms with Gasteiger partial charge < -0.3 is 14.7 Å². The summed E-state index contributed by atoms with van der Waals surface area (Å²) in [6.45, 7) is -2.22. The van der Waals surface area contributed by atoms with Gasteiger partial charge in [-0.05, 0) is 24.1 Å². The minimum Gasteiger partial charge on any atom is -0.481 e. The summed E-state index contributed by atoms with van der Waals surface area (Å²) < 4.78 is 28.2. The highest BCUT2D eigenvalue weighted by Crippen LogP contribution is 2.19. The average molecular weight is 299 g/mol. The molecule has 0 aliphatic carbocycles. The minimum atomic E-state index is -2.88. The van der Waals surface area contributed by atoms with E-state index >= 15 is 0 Å². The van der Waals surface area contributed by atoms with Gasteiger partial charge in [-0.25, -0.2) is 0 Å². The van der Waals surface area contributed by atoms with E-state index in [1.807, 2.05) is 0 Å². The predicted octanol–water partition coefficient (Wildman–Crippen LogP) is 1.76. The van der Waals surface area contributed by atoms with E-state index in [9.17, 15) is 18.4 Å². The van der Waals surface area contributed by atoms with E-state index < -0.39 is 18.5 Å². The van der Waals surface area contributed by atoms with Crippen molar-refractivity contribution in [2.45, 2.75) is 19.5 Å². The lowest BCUT2D eigenvalue weighted by molar-refractivity contribution is -0.141. The smallest absolute Gasteiger partial charge is 0.387 e. The number of ether oxygens (including phenoxy) is 1. The number of carboxylic acid groups (broad SMARTS) is 1. The zero-order valence-electron chi connectivity index (χ0n) is 11.2. The maximum Gasteiger partial charge on any atom is 0.387 e. The first-order valence-corrected chi connectivity index (χ1v) is 6.50. The quantitative estimate of drug-likeness (QED) is 0.899. The fraction of sp³-hybridized carbons (Fsp3) is 0.429. The zero-order chi connectivity index (χ0) is 15.4. The predicted molar refractivity (Wildman–Crippen MR) is 69.1 cm³/mol. The molecule has 1 aromatic rings. The van der Waals surface area contributed by atoms with Crippen molar-refractivity contribution in [2.75, 3.05) is 13.1 Å². The van der Waals surface area contributed by atoms with Crippen molar-refractivity contribution in [2.24, 2.45) is 5.92 Å². The maximum absolute atomic E-state index is 12.0. The molecule has 0 aromatic heterocycles. The van der Waals surface area contributed by atoms with Crippen LogP contribution in [0.2, 0.25) is 0 Å². The molecule has 1 amide bonds. The number of aliphatic carboxylic acids is 1. The Bertz CT molecular complexity index is 518. The molecule has 0 radical (unpaired) electrons. The average Bonchev–Trinajstić information content (AvgIpc) is 2.90. The Morgan fingerprint density at radius 3 is 2.52 bits per heavy atom. The van der Waals surface area contributed by atoms with Gasteiger partial charge in [-0.2, -0.15) is 8.78 Å². The van der Waals surface area contributed by atoms with Gasteiger partial charge in [0, 0.05) is 13.1 Å². The molecule has 1 unspecified atom stereocenters. The lowest BCUT2D eigenvalue weighted by atomic mass is 10.1. The molecule has 1 fully saturated rings. The molecule has 0 saturated carbocycles. The van der Waals surface area contributed by atoms with E-state index in [-0.39, 0.29) is 24.6 Å². The molecule has 1 aliphatic heterocycles. The lowest BCUT2D eigenvalue weighted by Crippen LogP contribution is -2.31. The second kappa shape index (κ2) is 6.51. The van der Waals surface area contributed by atoms with E-state index in [4.69, 9.17) is 5.11 Å². The van der Waals surface area contributed by atoms with Crippen LogP contribution in [0.1, 0.15) is 12.0 Å². The molecule has 5 nitrogen and oxygen atoms in total. The molecule has 1 aliphatic rings. The largest absolute Gasteiger partial charge is 0.481 e. The van der Waals surface area contributed by atoms with Gasteiger partial charge in [0.05, 0.1) is 12.3 Å². The summed E-state index contributed by atoms with van der Waals surface area (Å²) in [6.07, 6.45) is 0.573. The maximum atomic E-state index is 12.0. The van der Waals surface area contributed by atoms with Crippen molar-refractivity contribution < 1.29 is 28.2 Å². The Morgan fingerprint density at radius 2 is 2.00 bits per heavy atom. The third-order valence-corrected chi connectivity index (χ3v) is 3.39. The Morgan fingerprint density at radius 1 is 1.33 bits per heavy atom. The number of hydrogen-bond acceptors (Lipinski definition) is 3. The molecule has 2 rings (SSSR count). The molecule has 21 heavy (non-hydrogen) atoms. The number of amides is 1. The summed E-state index contributed by atoms with van der Waals surface area (Å²) in [4.78, 5) is 24.4. The first-order valence-electron chi connectivity index (χ1n) is 6.50. The monoisotopic (exact) mass is 299 g/mol.